The number of halogens is 1. The number of amides is 1. The van der Waals surface area contributed by atoms with E-state index in [2.05, 4.69) is 5.32 Å². The van der Waals surface area contributed by atoms with Gasteiger partial charge in [-0.1, -0.05) is 11.6 Å². The van der Waals surface area contributed by atoms with Crippen LogP contribution in [0, 0.1) is 0 Å². The molecule has 1 aliphatic heterocycles. The molecule has 0 spiro atoms. The SMILES string of the molecule is O=C(Nc1ccc(Cl)cc1)[C@H]1CCCO1. The monoisotopic (exact) mass is 225 g/mol. The Kier molecular flexibility index (Phi) is 3.23. The van der Waals surface area contributed by atoms with Crippen molar-refractivity contribution in [2.75, 3.05) is 11.9 Å². The number of ether oxygens (including phenoxy) is 1. The van der Waals surface area contributed by atoms with Crippen LogP contribution in [0.25, 0.3) is 0 Å². The third-order valence-electron chi connectivity index (χ3n) is 2.33. The van der Waals surface area contributed by atoms with Gasteiger partial charge in [-0.2, -0.15) is 0 Å². The lowest BCUT2D eigenvalue weighted by Gasteiger charge is -2.10. The molecule has 1 aliphatic rings. The highest BCUT2D eigenvalue weighted by Crippen LogP contribution is 2.17. The van der Waals surface area contributed by atoms with Gasteiger partial charge in [-0.3, -0.25) is 4.79 Å². The largest absolute Gasteiger partial charge is 0.368 e. The van der Waals surface area contributed by atoms with E-state index in [1.54, 1.807) is 24.3 Å². The Morgan fingerprint density at radius 1 is 1.40 bits per heavy atom. The number of carbonyl (C=O) groups excluding carboxylic acids is 1. The van der Waals surface area contributed by atoms with Crippen LogP contribution in [0.2, 0.25) is 5.02 Å². The average molecular weight is 226 g/mol. The van der Waals surface area contributed by atoms with Gasteiger partial charge in [-0.05, 0) is 37.1 Å². The summed E-state index contributed by atoms with van der Waals surface area (Å²) in [7, 11) is 0. The first-order valence-electron chi connectivity index (χ1n) is 4.94. The number of hydrogen-bond acceptors (Lipinski definition) is 2. The van der Waals surface area contributed by atoms with Crippen LogP contribution in [0.4, 0.5) is 5.69 Å². The van der Waals surface area contributed by atoms with E-state index in [9.17, 15) is 4.79 Å². The molecule has 1 aromatic rings. The molecule has 1 heterocycles. The number of anilines is 1. The normalized spacial score (nSPS) is 20.2. The molecule has 0 aromatic heterocycles. The fourth-order valence-electron chi connectivity index (χ4n) is 1.54. The van der Waals surface area contributed by atoms with Crippen molar-refractivity contribution in [2.45, 2.75) is 18.9 Å². The van der Waals surface area contributed by atoms with Gasteiger partial charge in [-0.15, -0.1) is 0 Å². The molecule has 1 atom stereocenters. The van der Waals surface area contributed by atoms with Crippen LogP contribution in [0.15, 0.2) is 24.3 Å². The fourth-order valence-corrected chi connectivity index (χ4v) is 1.67. The van der Waals surface area contributed by atoms with E-state index < -0.39 is 0 Å². The van der Waals surface area contributed by atoms with Gasteiger partial charge in [0.2, 0.25) is 0 Å². The molecule has 1 N–H and O–H groups in total. The van der Waals surface area contributed by atoms with E-state index in [4.69, 9.17) is 16.3 Å². The van der Waals surface area contributed by atoms with Crippen molar-refractivity contribution in [1.29, 1.82) is 0 Å². The molecule has 0 unspecified atom stereocenters. The minimum Gasteiger partial charge on any atom is -0.368 e. The summed E-state index contributed by atoms with van der Waals surface area (Å²) >= 11 is 5.74. The van der Waals surface area contributed by atoms with Crippen LogP contribution in [0.3, 0.4) is 0 Å². The number of benzene rings is 1. The lowest BCUT2D eigenvalue weighted by atomic mass is 10.2. The predicted molar refractivity (Wildman–Crippen MR) is 59.1 cm³/mol. The van der Waals surface area contributed by atoms with E-state index in [0.717, 1.165) is 18.5 Å². The maximum atomic E-state index is 11.6. The highest BCUT2D eigenvalue weighted by molar-refractivity contribution is 6.30. The van der Waals surface area contributed by atoms with Crippen molar-refractivity contribution < 1.29 is 9.53 Å². The summed E-state index contributed by atoms with van der Waals surface area (Å²) in [6, 6.07) is 7.03. The van der Waals surface area contributed by atoms with Gasteiger partial charge in [0.15, 0.2) is 0 Å². The summed E-state index contributed by atoms with van der Waals surface area (Å²) in [6.07, 6.45) is 1.47. The first-order valence-corrected chi connectivity index (χ1v) is 5.31. The maximum absolute atomic E-state index is 11.6. The predicted octanol–water partition coefficient (Wildman–Crippen LogP) is 2.46. The summed E-state index contributed by atoms with van der Waals surface area (Å²) in [5.41, 5.74) is 0.750. The van der Waals surface area contributed by atoms with Gasteiger partial charge < -0.3 is 10.1 Å². The summed E-state index contributed by atoms with van der Waals surface area (Å²) in [4.78, 5) is 11.6. The highest BCUT2D eigenvalue weighted by atomic mass is 35.5. The molecule has 3 nitrogen and oxygen atoms in total. The maximum Gasteiger partial charge on any atom is 0.253 e. The number of nitrogens with one attached hydrogen (secondary N) is 1. The van der Waals surface area contributed by atoms with Crippen LogP contribution in [-0.4, -0.2) is 18.6 Å². The highest BCUT2D eigenvalue weighted by Gasteiger charge is 2.23. The van der Waals surface area contributed by atoms with E-state index in [-0.39, 0.29) is 12.0 Å². The Morgan fingerprint density at radius 3 is 2.73 bits per heavy atom. The van der Waals surface area contributed by atoms with Crippen molar-refractivity contribution in [3.05, 3.63) is 29.3 Å². The number of hydrogen-bond donors (Lipinski definition) is 1. The molecule has 15 heavy (non-hydrogen) atoms. The van der Waals surface area contributed by atoms with Crippen molar-refractivity contribution in [2.24, 2.45) is 0 Å². The Morgan fingerprint density at radius 2 is 2.13 bits per heavy atom. The van der Waals surface area contributed by atoms with Crippen molar-refractivity contribution >= 4 is 23.2 Å². The van der Waals surface area contributed by atoms with Gasteiger partial charge in [0.05, 0.1) is 0 Å². The summed E-state index contributed by atoms with van der Waals surface area (Å²) in [5, 5.41) is 3.45. The molecule has 1 aromatic carbocycles. The van der Waals surface area contributed by atoms with E-state index in [1.807, 2.05) is 0 Å². The van der Waals surface area contributed by atoms with Crippen LogP contribution in [0.5, 0.6) is 0 Å². The minimum atomic E-state index is -0.291. The van der Waals surface area contributed by atoms with Gasteiger partial charge in [0, 0.05) is 17.3 Å². The topological polar surface area (TPSA) is 38.3 Å². The Balaban J connectivity index is 1.96. The van der Waals surface area contributed by atoms with Gasteiger partial charge >= 0.3 is 0 Å². The van der Waals surface area contributed by atoms with Crippen LogP contribution >= 0.6 is 11.6 Å². The second-order valence-corrected chi connectivity index (χ2v) is 3.93. The fraction of sp³-hybridized carbons (Fsp3) is 0.364. The molecule has 1 amide bonds. The molecule has 1 saturated heterocycles. The molecular formula is C11H12ClNO2. The molecule has 4 heteroatoms. The van der Waals surface area contributed by atoms with E-state index >= 15 is 0 Å². The van der Waals surface area contributed by atoms with Crippen LogP contribution in [0.1, 0.15) is 12.8 Å². The molecule has 80 valence electrons. The van der Waals surface area contributed by atoms with Crippen LogP contribution in [-0.2, 0) is 9.53 Å². The van der Waals surface area contributed by atoms with E-state index in [1.165, 1.54) is 0 Å². The quantitative estimate of drug-likeness (QED) is 0.840. The molecular weight excluding hydrogens is 214 g/mol. The molecule has 0 saturated carbocycles. The van der Waals surface area contributed by atoms with Crippen molar-refractivity contribution in [1.82, 2.24) is 0 Å². The van der Waals surface area contributed by atoms with Gasteiger partial charge in [0.25, 0.3) is 5.91 Å². The zero-order valence-corrected chi connectivity index (χ0v) is 8.96. The second-order valence-electron chi connectivity index (χ2n) is 3.50. The molecule has 0 radical (unpaired) electrons. The Bertz CT molecular complexity index is 344. The number of carbonyl (C=O) groups is 1. The third kappa shape index (κ3) is 2.70. The minimum absolute atomic E-state index is 0.0742. The molecule has 2 rings (SSSR count). The third-order valence-corrected chi connectivity index (χ3v) is 2.59. The molecule has 0 bridgehead atoms. The first kappa shape index (κ1) is 10.5. The summed E-state index contributed by atoms with van der Waals surface area (Å²) < 4.78 is 5.27. The van der Waals surface area contributed by atoms with Gasteiger partial charge in [-0.25, -0.2) is 0 Å². The van der Waals surface area contributed by atoms with Crippen molar-refractivity contribution in [3.63, 3.8) is 0 Å². The summed E-state index contributed by atoms with van der Waals surface area (Å²) in [5.74, 6) is -0.0742. The zero-order valence-electron chi connectivity index (χ0n) is 8.20. The molecule has 0 aliphatic carbocycles. The second kappa shape index (κ2) is 4.64. The average Bonchev–Trinajstić information content (AvgIpc) is 2.74. The van der Waals surface area contributed by atoms with Gasteiger partial charge in [0.1, 0.15) is 6.10 Å². The van der Waals surface area contributed by atoms with E-state index in [0.29, 0.717) is 11.6 Å². The lowest BCUT2D eigenvalue weighted by molar-refractivity contribution is -0.124. The Hall–Kier alpha value is -1.06. The number of rotatable bonds is 2. The zero-order chi connectivity index (χ0) is 10.7. The summed E-state index contributed by atoms with van der Waals surface area (Å²) in [6.45, 7) is 0.679. The lowest BCUT2D eigenvalue weighted by Crippen LogP contribution is -2.26. The standard InChI is InChI=1S/C11H12ClNO2/c12-8-3-5-9(6-4-8)13-11(14)10-2-1-7-15-10/h3-6,10H,1-2,7H2,(H,13,14)/t10-/m1/s1. The Labute approximate surface area is 93.4 Å². The van der Waals surface area contributed by atoms with Crippen LogP contribution < -0.4 is 5.32 Å². The molecule has 1 fully saturated rings. The van der Waals surface area contributed by atoms with Crippen molar-refractivity contribution in [3.8, 4) is 0 Å². The first-order chi connectivity index (χ1) is 7.25. The smallest absolute Gasteiger partial charge is 0.253 e.